The number of rotatable bonds is 7. The van der Waals surface area contributed by atoms with Crippen LogP contribution in [0.15, 0.2) is 35.3 Å². The molecule has 0 bridgehead atoms. The van der Waals surface area contributed by atoms with E-state index in [1.165, 1.54) is 25.7 Å². The summed E-state index contributed by atoms with van der Waals surface area (Å²) in [5, 5.41) is 16.6. The van der Waals surface area contributed by atoms with Gasteiger partial charge in [0.25, 0.3) is 0 Å². The van der Waals surface area contributed by atoms with Gasteiger partial charge in [0.15, 0.2) is 5.96 Å². The van der Waals surface area contributed by atoms with Crippen LogP contribution in [0.5, 0.6) is 0 Å². The van der Waals surface area contributed by atoms with E-state index in [0.29, 0.717) is 6.54 Å². The third-order valence-corrected chi connectivity index (χ3v) is 5.83. The van der Waals surface area contributed by atoms with Crippen molar-refractivity contribution in [2.75, 3.05) is 40.8 Å². The summed E-state index contributed by atoms with van der Waals surface area (Å²) >= 11 is 0. The normalized spacial score (nSPS) is 24.2. The predicted molar refractivity (Wildman–Crippen MR) is 125 cm³/mol. The molecular formula is C21H37IN4O. The molecule has 2 rings (SSSR count). The van der Waals surface area contributed by atoms with Gasteiger partial charge in [0.05, 0.1) is 6.61 Å². The average Bonchev–Trinajstić information content (AvgIpc) is 2.65. The number of benzene rings is 1. The number of aliphatic hydroxyl groups excluding tert-OH is 1. The molecule has 0 aromatic heterocycles. The van der Waals surface area contributed by atoms with Gasteiger partial charge < -0.3 is 20.6 Å². The largest absolute Gasteiger partial charge is 0.396 e. The lowest BCUT2D eigenvalue weighted by molar-refractivity contribution is 0.0795. The van der Waals surface area contributed by atoms with Crippen LogP contribution in [0, 0.1) is 5.92 Å². The average molecular weight is 488 g/mol. The van der Waals surface area contributed by atoms with E-state index in [2.05, 4.69) is 53.7 Å². The molecule has 0 spiro atoms. The fourth-order valence-electron chi connectivity index (χ4n) is 4.06. The first-order chi connectivity index (χ1) is 12.5. The molecule has 0 saturated heterocycles. The molecular weight excluding hydrogens is 451 g/mol. The minimum Gasteiger partial charge on any atom is -0.396 e. The molecule has 0 amide bonds. The Morgan fingerprint density at radius 2 is 2.00 bits per heavy atom. The number of guanidine groups is 1. The van der Waals surface area contributed by atoms with Crippen molar-refractivity contribution < 1.29 is 5.11 Å². The summed E-state index contributed by atoms with van der Waals surface area (Å²) in [6, 6.07) is 10.1. The number of halogens is 1. The minimum absolute atomic E-state index is 0. The Kier molecular flexibility index (Phi) is 10.6. The van der Waals surface area contributed by atoms with Crippen LogP contribution in [0.2, 0.25) is 0 Å². The molecule has 1 fully saturated rings. The monoisotopic (exact) mass is 488 g/mol. The van der Waals surface area contributed by atoms with E-state index in [4.69, 9.17) is 0 Å². The molecule has 5 nitrogen and oxygen atoms in total. The quantitative estimate of drug-likeness (QED) is 0.314. The van der Waals surface area contributed by atoms with Crippen LogP contribution in [0.3, 0.4) is 0 Å². The van der Waals surface area contributed by atoms with E-state index in [1.54, 1.807) is 7.05 Å². The highest BCUT2D eigenvalue weighted by atomic mass is 127. The first kappa shape index (κ1) is 24.2. The smallest absolute Gasteiger partial charge is 0.191 e. The number of hydrogen-bond acceptors (Lipinski definition) is 3. The van der Waals surface area contributed by atoms with Gasteiger partial charge >= 0.3 is 0 Å². The first-order valence-corrected chi connectivity index (χ1v) is 9.78. The van der Waals surface area contributed by atoms with E-state index in [1.807, 2.05) is 18.2 Å². The van der Waals surface area contributed by atoms with Gasteiger partial charge in [-0.2, -0.15) is 0 Å². The Labute approximate surface area is 182 Å². The third kappa shape index (κ3) is 6.91. The number of likely N-dealkylation sites (N-methyl/N-ethyl adjacent to an activating group) is 1. The van der Waals surface area contributed by atoms with Gasteiger partial charge in [-0.25, -0.2) is 0 Å². The lowest BCUT2D eigenvalue weighted by Gasteiger charge is -2.45. The molecule has 3 unspecified atom stereocenters. The molecule has 0 heterocycles. The first-order valence-electron chi connectivity index (χ1n) is 9.78. The summed E-state index contributed by atoms with van der Waals surface area (Å²) in [5.74, 6) is 1.63. The van der Waals surface area contributed by atoms with Crippen LogP contribution < -0.4 is 10.6 Å². The minimum atomic E-state index is 0. The SMILES string of the molecule is CN=C(NCC(CO)c1ccccc1)NCC1(N(C)C)CCCC(C)C1.I. The third-order valence-electron chi connectivity index (χ3n) is 5.83. The fourth-order valence-corrected chi connectivity index (χ4v) is 4.06. The number of nitrogens with one attached hydrogen (secondary N) is 2. The number of nitrogens with zero attached hydrogens (tertiary/aromatic N) is 2. The zero-order chi connectivity index (χ0) is 19.0. The van der Waals surface area contributed by atoms with Gasteiger partial charge in [0, 0.05) is 31.6 Å². The zero-order valence-corrected chi connectivity index (χ0v) is 19.6. The fraction of sp³-hybridized carbons (Fsp3) is 0.667. The van der Waals surface area contributed by atoms with Gasteiger partial charge in [-0.15, -0.1) is 24.0 Å². The lowest BCUT2D eigenvalue weighted by Crippen LogP contribution is -2.56. The van der Waals surface area contributed by atoms with E-state index >= 15 is 0 Å². The molecule has 1 aromatic carbocycles. The summed E-state index contributed by atoms with van der Waals surface area (Å²) in [6.45, 7) is 4.02. The molecule has 154 valence electrons. The van der Waals surface area contributed by atoms with Crippen molar-refractivity contribution in [2.24, 2.45) is 10.9 Å². The second kappa shape index (κ2) is 11.9. The lowest BCUT2D eigenvalue weighted by atomic mass is 9.75. The Morgan fingerprint density at radius 1 is 1.30 bits per heavy atom. The van der Waals surface area contributed by atoms with Gasteiger partial charge in [-0.3, -0.25) is 4.99 Å². The van der Waals surface area contributed by atoms with E-state index in [9.17, 15) is 5.11 Å². The van der Waals surface area contributed by atoms with Crippen molar-refractivity contribution in [2.45, 2.75) is 44.1 Å². The topological polar surface area (TPSA) is 59.9 Å². The molecule has 1 aliphatic rings. The van der Waals surface area contributed by atoms with Crippen molar-refractivity contribution in [1.82, 2.24) is 15.5 Å². The van der Waals surface area contributed by atoms with Gasteiger partial charge in [0.1, 0.15) is 0 Å². The summed E-state index contributed by atoms with van der Waals surface area (Å²) in [4.78, 5) is 6.75. The Morgan fingerprint density at radius 3 is 2.56 bits per heavy atom. The molecule has 1 aromatic rings. The molecule has 0 aliphatic heterocycles. The summed E-state index contributed by atoms with van der Waals surface area (Å²) in [7, 11) is 6.18. The van der Waals surface area contributed by atoms with Crippen molar-refractivity contribution >= 4 is 29.9 Å². The number of aliphatic hydroxyl groups is 1. The van der Waals surface area contributed by atoms with Gasteiger partial charge in [-0.1, -0.05) is 50.1 Å². The zero-order valence-electron chi connectivity index (χ0n) is 17.2. The molecule has 1 saturated carbocycles. The molecule has 3 atom stereocenters. The summed E-state index contributed by atoms with van der Waals surface area (Å²) in [5.41, 5.74) is 1.33. The second-order valence-electron chi connectivity index (χ2n) is 7.92. The van der Waals surface area contributed by atoms with E-state index < -0.39 is 0 Å². The molecule has 27 heavy (non-hydrogen) atoms. The van der Waals surface area contributed by atoms with Crippen LogP contribution in [0.1, 0.15) is 44.1 Å². The molecule has 3 N–H and O–H groups in total. The second-order valence-corrected chi connectivity index (χ2v) is 7.92. The van der Waals surface area contributed by atoms with Crippen LogP contribution in [-0.2, 0) is 0 Å². The predicted octanol–water partition coefficient (Wildman–Crippen LogP) is 3.06. The van der Waals surface area contributed by atoms with Crippen molar-refractivity contribution in [3.05, 3.63) is 35.9 Å². The van der Waals surface area contributed by atoms with Gasteiger partial charge in [0.2, 0.25) is 0 Å². The Balaban J connectivity index is 0.00000364. The van der Waals surface area contributed by atoms with E-state index in [0.717, 1.165) is 24.0 Å². The summed E-state index contributed by atoms with van der Waals surface area (Å²) in [6.07, 6.45) is 5.05. The maximum absolute atomic E-state index is 9.73. The van der Waals surface area contributed by atoms with Crippen molar-refractivity contribution in [3.8, 4) is 0 Å². The van der Waals surface area contributed by atoms with Crippen LogP contribution in [-0.4, -0.2) is 62.3 Å². The van der Waals surface area contributed by atoms with E-state index in [-0.39, 0.29) is 42.0 Å². The van der Waals surface area contributed by atoms with Crippen LogP contribution in [0.25, 0.3) is 0 Å². The maximum atomic E-state index is 9.73. The highest BCUT2D eigenvalue weighted by Crippen LogP contribution is 2.35. The number of aliphatic imine (C=N–C) groups is 1. The number of hydrogen-bond donors (Lipinski definition) is 3. The highest BCUT2D eigenvalue weighted by molar-refractivity contribution is 14.0. The van der Waals surface area contributed by atoms with Crippen LogP contribution >= 0.6 is 24.0 Å². The Bertz CT molecular complexity index is 567. The molecule has 0 radical (unpaired) electrons. The standard InChI is InChI=1S/C21H36N4O.HI/c1-17-9-8-12-21(13-17,25(3)4)16-24-20(22-2)23-14-19(15-26)18-10-6-5-7-11-18;/h5-7,10-11,17,19,26H,8-9,12-16H2,1-4H3,(H2,22,23,24);1H. The molecule has 6 heteroatoms. The summed E-state index contributed by atoms with van der Waals surface area (Å²) < 4.78 is 0. The van der Waals surface area contributed by atoms with Crippen molar-refractivity contribution in [3.63, 3.8) is 0 Å². The van der Waals surface area contributed by atoms with Crippen molar-refractivity contribution in [1.29, 1.82) is 0 Å². The maximum Gasteiger partial charge on any atom is 0.191 e. The van der Waals surface area contributed by atoms with Crippen LogP contribution in [0.4, 0.5) is 0 Å². The van der Waals surface area contributed by atoms with Gasteiger partial charge in [-0.05, 0) is 38.4 Å². The Hall–Kier alpha value is -0.860. The highest BCUT2D eigenvalue weighted by Gasteiger charge is 2.36. The molecule has 1 aliphatic carbocycles.